The summed E-state index contributed by atoms with van der Waals surface area (Å²) in [7, 11) is 0. The molecule has 0 heterocycles. The molecule has 14 heavy (non-hydrogen) atoms. The van der Waals surface area contributed by atoms with Crippen molar-refractivity contribution in [3.63, 3.8) is 0 Å². The molecule has 0 aromatic carbocycles. The summed E-state index contributed by atoms with van der Waals surface area (Å²) in [4.78, 5) is 0. The average Bonchev–Trinajstić information content (AvgIpc) is 2.07. The van der Waals surface area contributed by atoms with Crippen molar-refractivity contribution in [1.29, 1.82) is 0 Å². The van der Waals surface area contributed by atoms with Crippen molar-refractivity contribution in [2.24, 2.45) is 11.5 Å². The Morgan fingerprint density at radius 2 is 1.00 bits per heavy atom. The van der Waals surface area contributed by atoms with Gasteiger partial charge in [0.2, 0.25) is 0 Å². The van der Waals surface area contributed by atoms with Crippen molar-refractivity contribution in [3.8, 4) is 0 Å². The maximum atomic E-state index is 5.41. The van der Waals surface area contributed by atoms with Gasteiger partial charge in [0.25, 0.3) is 0 Å². The van der Waals surface area contributed by atoms with E-state index in [4.69, 9.17) is 11.5 Å². The second-order valence-electron chi connectivity index (χ2n) is 4.31. The molecule has 0 aliphatic heterocycles. The third-order valence-electron chi connectivity index (χ3n) is 2.03. The summed E-state index contributed by atoms with van der Waals surface area (Å²) in [6, 6.07) is 0. The molecule has 0 unspecified atom stereocenters. The van der Waals surface area contributed by atoms with E-state index in [0.29, 0.717) is 6.54 Å². The summed E-state index contributed by atoms with van der Waals surface area (Å²) >= 11 is 0. The molecule has 1 rings (SSSR count). The highest BCUT2D eigenvalue weighted by molar-refractivity contribution is 4.70. The van der Waals surface area contributed by atoms with Gasteiger partial charge in [-0.05, 0) is 13.8 Å². The normalized spacial score (nSPS) is 15.4. The van der Waals surface area contributed by atoms with Crippen molar-refractivity contribution in [1.82, 2.24) is 12.3 Å². The van der Waals surface area contributed by atoms with Gasteiger partial charge in [-0.25, -0.2) is 0 Å². The molecule has 0 amide bonds. The van der Waals surface area contributed by atoms with Crippen LogP contribution in [0.4, 0.5) is 0 Å². The number of nitrogens with two attached hydrogens (primary N) is 2. The minimum atomic E-state index is -0.181. The molecule has 4 heteroatoms. The highest BCUT2D eigenvalue weighted by atomic mass is 14.8. The van der Waals surface area contributed by atoms with Gasteiger partial charge in [-0.15, -0.1) is 0 Å². The lowest BCUT2D eigenvalue weighted by Gasteiger charge is -2.13. The molecule has 0 aromatic heterocycles. The molecular weight excluding hydrogens is 176 g/mol. The standard InChI is InChI=1S/C6H12.C4H12N2.2H3N/c1-2-4-6-5-3-1;1-4(2,6)3-5;;/h1-6H2;3,5-6H2,1-2H3;2*1H3. The zero-order valence-corrected chi connectivity index (χ0v) is 10.0. The molecule has 0 spiro atoms. The van der Waals surface area contributed by atoms with Crippen LogP contribution in [0.5, 0.6) is 0 Å². The van der Waals surface area contributed by atoms with Crippen LogP contribution in [0, 0.1) is 0 Å². The molecule has 10 N–H and O–H groups in total. The number of hydrogen-bond donors (Lipinski definition) is 4. The Morgan fingerprint density at radius 1 is 0.857 bits per heavy atom. The Balaban J connectivity index is -0.000000151. The quantitative estimate of drug-likeness (QED) is 0.526. The zero-order chi connectivity index (χ0) is 9.45. The largest absolute Gasteiger partial charge is 0.344 e. The van der Waals surface area contributed by atoms with Crippen LogP contribution in [0.15, 0.2) is 0 Å². The highest BCUT2D eigenvalue weighted by Gasteiger charge is 2.04. The van der Waals surface area contributed by atoms with Crippen molar-refractivity contribution < 1.29 is 0 Å². The van der Waals surface area contributed by atoms with Crippen LogP contribution < -0.4 is 23.8 Å². The highest BCUT2D eigenvalue weighted by Crippen LogP contribution is 2.15. The van der Waals surface area contributed by atoms with E-state index in [9.17, 15) is 0 Å². The first-order valence-corrected chi connectivity index (χ1v) is 5.05. The fourth-order valence-electron chi connectivity index (χ4n) is 1.06. The topological polar surface area (TPSA) is 122 Å². The molecule has 4 nitrogen and oxygen atoms in total. The summed E-state index contributed by atoms with van der Waals surface area (Å²) in [6.45, 7) is 4.34. The van der Waals surface area contributed by atoms with E-state index in [-0.39, 0.29) is 17.8 Å². The fourth-order valence-corrected chi connectivity index (χ4v) is 1.06. The van der Waals surface area contributed by atoms with Gasteiger partial charge in [-0.3, -0.25) is 0 Å². The molecule has 0 saturated heterocycles. The van der Waals surface area contributed by atoms with Crippen LogP contribution in [-0.4, -0.2) is 12.1 Å². The van der Waals surface area contributed by atoms with Gasteiger partial charge in [-0.2, -0.15) is 0 Å². The summed E-state index contributed by atoms with van der Waals surface area (Å²) in [5.41, 5.74) is 10.4. The van der Waals surface area contributed by atoms with E-state index >= 15 is 0 Å². The number of rotatable bonds is 1. The fraction of sp³-hybridized carbons (Fsp3) is 1.00. The Hall–Kier alpha value is -0.160. The predicted octanol–water partition coefficient (Wildman–Crippen LogP) is 2.35. The van der Waals surface area contributed by atoms with Crippen molar-refractivity contribution in [2.45, 2.75) is 57.9 Å². The van der Waals surface area contributed by atoms with Gasteiger partial charge in [0.15, 0.2) is 0 Å². The van der Waals surface area contributed by atoms with Crippen LogP contribution in [0.2, 0.25) is 0 Å². The second-order valence-corrected chi connectivity index (χ2v) is 4.31. The van der Waals surface area contributed by atoms with Crippen LogP contribution in [0.25, 0.3) is 0 Å². The minimum absolute atomic E-state index is 0. The smallest absolute Gasteiger partial charge is 0.0221 e. The van der Waals surface area contributed by atoms with Crippen LogP contribution in [0.1, 0.15) is 52.4 Å². The van der Waals surface area contributed by atoms with Crippen LogP contribution >= 0.6 is 0 Å². The first-order chi connectivity index (χ1) is 5.56. The average molecular weight is 206 g/mol. The van der Waals surface area contributed by atoms with E-state index in [0.717, 1.165) is 0 Å². The molecule has 1 fully saturated rings. The van der Waals surface area contributed by atoms with Crippen LogP contribution in [0.3, 0.4) is 0 Å². The van der Waals surface area contributed by atoms with E-state index < -0.39 is 0 Å². The Labute approximate surface area is 89.0 Å². The van der Waals surface area contributed by atoms with Crippen molar-refractivity contribution in [3.05, 3.63) is 0 Å². The maximum absolute atomic E-state index is 5.41. The van der Waals surface area contributed by atoms with Gasteiger partial charge >= 0.3 is 0 Å². The van der Waals surface area contributed by atoms with Crippen molar-refractivity contribution in [2.75, 3.05) is 6.54 Å². The van der Waals surface area contributed by atoms with Crippen LogP contribution in [-0.2, 0) is 0 Å². The Morgan fingerprint density at radius 3 is 1.07 bits per heavy atom. The first-order valence-electron chi connectivity index (χ1n) is 5.05. The third kappa shape index (κ3) is 17.8. The van der Waals surface area contributed by atoms with Gasteiger partial charge < -0.3 is 23.8 Å². The van der Waals surface area contributed by atoms with Gasteiger partial charge in [0.05, 0.1) is 0 Å². The summed E-state index contributed by atoms with van der Waals surface area (Å²) < 4.78 is 0. The first kappa shape index (κ1) is 19.4. The van der Waals surface area contributed by atoms with E-state index in [1.165, 1.54) is 38.5 Å². The molecule has 0 bridgehead atoms. The minimum Gasteiger partial charge on any atom is -0.344 e. The van der Waals surface area contributed by atoms with Crippen molar-refractivity contribution >= 4 is 0 Å². The number of hydrogen-bond acceptors (Lipinski definition) is 4. The van der Waals surface area contributed by atoms with E-state index in [2.05, 4.69) is 0 Å². The Kier molecular flexibility index (Phi) is 15.1. The van der Waals surface area contributed by atoms with E-state index in [1.54, 1.807) is 0 Å². The monoisotopic (exact) mass is 206 g/mol. The SMILES string of the molecule is C1CCCCC1.CC(C)(N)CN.N.N. The summed E-state index contributed by atoms with van der Waals surface area (Å²) in [5.74, 6) is 0. The molecule has 1 aliphatic carbocycles. The lowest BCUT2D eigenvalue weighted by atomic mass is 10.0. The Bertz CT molecular complexity index is 83.3. The summed E-state index contributed by atoms with van der Waals surface area (Å²) in [5, 5.41) is 0. The molecule has 1 saturated carbocycles. The zero-order valence-electron chi connectivity index (χ0n) is 10.0. The summed E-state index contributed by atoms with van der Waals surface area (Å²) in [6.07, 6.45) is 9.00. The van der Waals surface area contributed by atoms with E-state index in [1.807, 2.05) is 13.8 Å². The molecule has 90 valence electrons. The third-order valence-corrected chi connectivity index (χ3v) is 2.03. The molecule has 0 radical (unpaired) electrons. The predicted molar refractivity (Wildman–Crippen MR) is 65.1 cm³/mol. The van der Waals surface area contributed by atoms with Gasteiger partial charge in [0.1, 0.15) is 0 Å². The molecule has 1 aliphatic rings. The second kappa shape index (κ2) is 10.9. The van der Waals surface area contributed by atoms with Gasteiger partial charge in [0, 0.05) is 12.1 Å². The maximum Gasteiger partial charge on any atom is 0.0221 e. The lowest BCUT2D eigenvalue weighted by Crippen LogP contribution is -2.40. The van der Waals surface area contributed by atoms with Gasteiger partial charge in [-0.1, -0.05) is 38.5 Å². The lowest BCUT2D eigenvalue weighted by molar-refractivity contribution is 0.504. The molecular formula is C10H30N4. The molecule has 0 aromatic rings. The molecule has 0 atom stereocenters.